The van der Waals surface area contributed by atoms with Crippen LogP contribution in [0.15, 0.2) is 39.6 Å². The summed E-state index contributed by atoms with van der Waals surface area (Å²) < 4.78 is 72.6. The standard InChI is InChI=1S/C20H16ClF3N2O4S/c1-11-13-10-12(21)2-4-15(13)30-19(11)20(27)25-6-8-26(9-7-25)31(28,29)16-5-3-14(22)17(23)18(16)24/h2-5,10H,6-9H2,1H3. The summed E-state index contributed by atoms with van der Waals surface area (Å²) in [5.74, 6) is -5.39. The normalized spacial score (nSPS) is 15.6. The van der Waals surface area contributed by atoms with Crippen molar-refractivity contribution in [1.29, 1.82) is 0 Å². The van der Waals surface area contributed by atoms with E-state index < -0.39 is 38.3 Å². The first-order valence-corrected chi connectivity index (χ1v) is 11.0. The molecule has 0 saturated carbocycles. The Morgan fingerprint density at radius 3 is 2.39 bits per heavy atom. The van der Waals surface area contributed by atoms with E-state index in [0.29, 0.717) is 33.7 Å². The molecule has 0 N–H and O–H groups in total. The third kappa shape index (κ3) is 3.68. The molecular formula is C20H16ClF3N2O4S. The lowest BCUT2D eigenvalue weighted by atomic mass is 10.1. The van der Waals surface area contributed by atoms with Crippen LogP contribution in [0.1, 0.15) is 16.1 Å². The van der Waals surface area contributed by atoms with Gasteiger partial charge < -0.3 is 9.32 Å². The topological polar surface area (TPSA) is 70.8 Å². The minimum Gasteiger partial charge on any atom is -0.451 e. The van der Waals surface area contributed by atoms with Gasteiger partial charge in [0.25, 0.3) is 5.91 Å². The third-order valence-corrected chi connectivity index (χ3v) is 7.39. The molecular weight excluding hydrogens is 457 g/mol. The van der Waals surface area contributed by atoms with Crippen molar-refractivity contribution in [2.45, 2.75) is 11.8 Å². The van der Waals surface area contributed by atoms with E-state index in [9.17, 15) is 26.4 Å². The lowest BCUT2D eigenvalue weighted by Gasteiger charge is -2.33. The van der Waals surface area contributed by atoms with Gasteiger partial charge in [-0.2, -0.15) is 4.31 Å². The molecule has 0 unspecified atom stereocenters. The van der Waals surface area contributed by atoms with E-state index in [1.807, 2.05) is 0 Å². The highest BCUT2D eigenvalue weighted by molar-refractivity contribution is 7.89. The molecule has 11 heteroatoms. The van der Waals surface area contributed by atoms with E-state index >= 15 is 0 Å². The highest BCUT2D eigenvalue weighted by Crippen LogP contribution is 2.29. The Bertz CT molecular complexity index is 1300. The number of hydrogen-bond donors (Lipinski definition) is 0. The van der Waals surface area contributed by atoms with Gasteiger partial charge in [0, 0.05) is 42.2 Å². The zero-order chi connectivity index (χ0) is 22.5. The summed E-state index contributed by atoms with van der Waals surface area (Å²) in [4.78, 5) is 13.4. The molecule has 0 aliphatic carbocycles. The van der Waals surface area contributed by atoms with E-state index in [4.69, 9.17) is 16.0 Å². The fourth-order valence-electron chi connectivity index (χ4n) is 3.52. The molecule has 0 atom stereocenters. The average Bonchev–Trinajstić information content (AvgIpc) is 3.07. The van der Waals surface area contributed by atoms with Crippen LogP contribution in [0.25, 0.3) is 11.0 Å². The maximum atomic E-state index is 14.0. The summed E-state index contributed by atoms with van der Waals surface area (Å²) in [6, 6.07) is 6.23. The number of carbonyl (C=O) groups is 1. The molecule has 164 valence electrons. The second kappa shape index (κ2) is 7.85. The highest BCUT2D eigenvalue weighted by Gasteiger charge is 2.34. The molecule has 1 fully saturated rings. The van der Waals surface area contributed by atoms with Gasteiger partial charge >= 0.3 is 0 Å². The summed E-state index contributed by atoms with van der Waals surface area (Å²) in [6.45, 7) is 1.47. The number of amides is 1. The van der Waals surface area contributed by atoms with E-state index in [2.05, 4.69) is 0 Å². The monoisotopic (exact) mass is 472 g/mol. The van der Waals surface area contributed by atoms with Gasteiger partial charge in [0.1, 0.15) is 10.5 Å². The Balaban J connectivity index is 1.53. The zero-order valence-corrected chi connectivity index (χ0v) is 17.7. The Morgan fingerprint density at radius 1 is 1.03 bits per heavy atom. The number of carbonyl (C=O) groups excluding carboxylic acids is 1. The maximum absolute atomic E-state index is 14.0. The number of nitrogens with zero attached hydrogens (tertiary/aromatic N) is 2. The number of fused-ring (bicyclic) bond motifs is 1. The van der Waals surface area contributed by atoms with Gasteiger partial charge in [0.15, 0.2) is 23.2 Å². The molecule has 4 rings (SSSR count). The first-order valence-electron chi connectivity index (χ1n) is 9.23. The number of furan rings is 1. The van der Waals surface area contributed by atoms with E-state index in [0.717, 1.165) is 4.31 Å². The van der Waals surface area contributed by atoms with Crippen molar-refractivity contribution in [3.8, 4) is 0 Å². The van der Waals surface area contributed by atoms with Crippen molar-refractivity contribution >= 4 is 38.5 Å². The minimum atomic E-state index is -4.40. The van der Waals surface area contributed by atoms with E-state index in [1.165, 1.54) is 4.90 Å². The lowest BCUT2D eigenvalue weighted by molar-refractivity contribution is 0.0667. The van der Waals surface area contributed by atoms with Crippen molar-refractivity contribution < 1.29 is 30.8 Å². The van der Waals surface area contributed by atoms with E-state index in [-0.39, 0.29) is 31.9 Å². The Morgan fingerprint density at radius 2 is 1.71 bits per heavy atom. The molecule has 6 nitrogen and oxygen atoms in total. The highest BCUT2D eigenvalue weighted by atomic mass is 35.5. The van der Waals surface area contributed by atoms with Crippen molar-refractivity contribution in [3.63, 3.8) is 0 Å². The fraction of sp³-hybridized carbons (Fsp3) is 0.250. The molecule has 0 radical (unpaired) electrons. The summed E-state index contributed by atoms with van der Waals surface area (Å²) in [5.41, 5.74) is 1.11. The molecule has 2 aromatic carbocycles. The first-order chi connectivity index (χ1) is 14.6. The molecule has 1 amide bonds. The van der Waals surface area contributed by atoms with Gasteiger partial charge in [0.2, 0.25) is 10.0 Å². The largest absolute Gasteiger partial charge is 0.451 e. The predicted octanol–water partition coefficient (Wildman–Crippen LogP) is 3.96. The van der Waals surface area contributed by atoms with E-state index in [1.54, 1.807) is 25.1 Å². The Hall–Kier alpha value is -2.56. The van der Waals surface area contributed by atoms with Crippen LogP contribution in [0.5, 0.6) is 0 Å². The Kier molecular flexibility index (Phi) is 5.48. The van der Waals surface area contributed by atoms with Crippen LogP contribution >= 0.6 is 11.6 Å². The molecule has 1 aliphatic rings. The van der Waals surface area contributed by atoms with Crippen molar-refractivity contribution in [2.24, 2.45) is 0 Å². The summed E-state index contributed by atoms with van der Waals surface area (Å²) >= 11 is 6.00. The average molecular weight is 473 g/mol. The van der Waals surface area contributed by atoms with Crippen LogP contribution in [0.3, 0.4) is 0 Å². The number of piperazine rings is 1. The fourth-order valence-corrected chi connectivity index (χ4v) is 5.17. The molecule has 1 aromatic heterocycles. The van der Waals surface area contributed by atoms with Crippen molar-refractivity contribution in [2.75, 3.05) is 26.2 Å². The molecule has 1 aliphatic heterocycles. The second-order valence-electron chi connectivity index (χ2n) is 7.07. The van der Waals surface area contributed by atoms with Crippen LogP contribution in [0, 0.1) is 24.4 Å². The zero-order valence-electron chi connectivity index (χ0n) is 16.2. The van der Waals surface area contributed by atoms with Gasteiger partial charge in [-0.05, 0) is 37.3 Å². The van der Waals surface area contributed by atoms with Gasteiger partial charge in [-0.25, -0.2) is 21.6 Å². The smallest absolute Gasteiger partial charge is 0.289 e. The lowest BCUT2D eigenvalue weighted by Crippen LogP contribution is -2.50. The number of benzene rings is 2. The van der Waals surface area contributed by atoms with Gasteiger partial charge in [0.05, 0.1) is 0 Å². The molecule has 2 heterocycles. The van der Waals surface area contributed by atoms with Gasteiger partial charge in [-0.1, -0.05) is 11.6 Å². The number of rotatable bonds is 3. The van der Waals surface area contributed by atoms with Gasteiger partial charge in [-0.15, -0.1) is 0 Å². The van der Waals surface area contributed by atoms with Crippen molar-refractivity contribution in [3.05, 3.63) is 64.1 Å². The van der Waals surface area contributed by atoms with Crippen molar-refractivity contribution in [1.82, 2.24) is 9.21 Å². The van der Waals surface area contributed by atoms with Crippen LogP contribution in [-0.2, 0) is 10.0 Å². The number of halogens is 4. The molecule has 0 spiro atoms. The molecule has 31 heavy (non-hydrogen) atoms. The third-order valence-electron chi connectivity index (χ3n) is 5.24. The van der Waals surface area contributed by atoms with Crippen LogP contribution in [0.2, 0.25) is 5.02 Å². The summed E-state index contributed by atoms with van der Waals surface area (Å²) in [7, 11) is -4.40. The SMILES string of the molecule is Cc1c(C(=O)N2CCN(S(=O)(=O)c3ccc(F)c(F)c3F)CC2)oc2ccc(Cl)cc12. The Labute approximate surface area is 180 Å². The van der Waals surface area contributed by atoms with Crippen LogP contribution in [0.4, 0.5) is 13.2 Å². The summed E-state index contributed by atoms with van der Waals surface area (Å²) in [6.07, 6.45) is 0. The molecule has 3 aromatic rings. The quantitative estimate of drug-likeness (QED) is 0.541. The molecule has 0 bridgehead atoms. The summed E-state index contributed by atoms with van der Waals surface area (Å²) in [5, 5.41) is 1.20. The second-order valence-corrected chi connectivity index (χ2v) is 9.41. The molecule has 1 saturated heterocycles. The number of sulfonamides is 1. The predicted molar refractivity (Wildman–Crippen MR) is 107 cm³/mol. The first kappa shape index (κ1) is 21.7. The van der Waals surface area contributed by atoms with Gasteiger partial charge in [-0.3, -0.25) is 4.79 Å². The number of hydrogen-bond acceptors (Lipinski definition) is 4. The van der Waals surface area contributed by atoms with Crippen LogP contribution in [-0.4, -0.2) is 49.7 Å². The number of aryl methyl sites for hydroxylation is 1. The van der Waals surface area contributed by atoms with Crippen LogP contribution < -0.4 is 0 Å². The maximum Gasteiger partial charge on any atom is 0.289 e. The minimum absolute atomic E-state index is 0.0145.